The van der Waals surface area contributed by atoms with Gasteiger partial charge in [-0.15, -0.1) is 0 Å². The Kier molecular flexibility index (Phi) is 4.27. The fourth-order valence-electron chi connectivity index (χ4n) is 2.04. The van der Waals surface area contributed by atoms with E-state index in [1.165, 1.54) is 11.0 Å². The van der Waals surface area contributed by atoms with E-state index in [-0.39, 0.29) is 23.5 Å². The fraction of sp³-hybridized carbons (Fsp3) is 0.385. The summed E-state index contributed by atoms with van der Waals surface area (Å²) in [6, 6.07) is 3.36. The Balaban J connectivity index is 2.34. The Labute approximate surface area is 127 Å². The maximum Gasteiger partial charge on any atom is 0.417 e. The highest BCUT2D eigenvalue weighted by Crippen LogP contribution is 2.34. The first-order valence-electron chi connectivity index (χ1n) is 6.10. The van der Waals surface area contributed by atoms with Crippen LogP contribution in [0.25, 0.3) is 0 Å². The summed E-state index contributed by atoms with van der Waals surface area (Å²) in [7, 11) is 1.59. The SMILES string of the molecule is CN1CCN(C(=O)c2ccc(Br)cc2C(F)(F)F)CC1=O. The second kappa shape index (κ2) is 5.67. The number of carbonyl (C=O) groups is 2. The highest BCUT2D eigenvalue weighted by molar-refractivity contribution is 9.10. The molecule has 1 aromatic rings. The van der Waals surface area contributed by atoms with E-state index < -0.39 is 23.2 Å². The number of hydrogen-bond donors (Lipinski definition) is 0. The highest BCUT2D eigenvalue weighted by atomic mass is 79.9. The molecule has 1 saturated heterocycles. The minimum Gasteiger partial charge on any atom is -0.342 e. The molecule has 8 heteroatoms. The summed E-state index contributed by atoms with van der Waals surface area (Å²) in [6.45, 7) is 0.319. The van der Waals surface area contributed by atoms with Gasteiger partial charge in [0, 0.05) is 24.6 Å². The topological polar surface area (TPSA) is 40.6 Å². The van der Waals surface area contributed by atoms with Crippen molar-refractivity contribution in [2.75, 3.05) is 26.7 Å². The lowest BCUT2D eigenvalue weighted by Crippen LogP contribution is -2.50. The number of benzene rings is 1. The number of piperazine rings is 1. The first kappa shape index (κ1) is 15.8. The van der Waals surface area contributed by atoms with Crippen molar-refractivity contribution >= 4 is 27.7 Å². The minimum atomic E-state index is -4.63. The molecule has 1 aliphatic rings. The van der Waals surface area contributed by atoms with Crippen LogP contribution in [0, 0.1) is 0 Å². The summed E-state index contributed by atoms with van der Waals surface area (Å²) in [4.78, 5) is 26.4. The molecule has 1 aliphatic heterocycles. The molecule has 4 nitrogen and oxygen atoms in total. The number of carbonyl (C=O) groups excluding carboxylic acids is 2. The Morgan fingerprint density at radius 1 is 1.29 bits per heavy atom. The Morgan fingerprint density at radius 2 is 1.95 bits per heavy atom. The Hall–Kier alpha value is -1.57. The monoisotopic (exact) mass is 364 g/mol. The van der Waals surface area contributed by atoms with Gasteiger partial charge in [-0.1, -0.05) is 15.9 Å². The van der Waals surface area contributed by atoms with Gasteiger partial charge in [0.2, 0.25) is 5.91 Å². The summed E-state index contributed by atoms with van der Waals surface area (Å²) in [5.41, 5.74) is -1.45. The largest absolute Gasteiger partial charge is 0.417 e. The van der Waals surface area contributed by atoms with Crippen LogP contribution in [-0.2, 0) is 11.0 Å². The molecule has 0 atom stereocenters. The normalized spacial score (nSPS) is 16.3. The number of rotatable bonds is 1. The Morgan fingerprint density at radius 3 is 2.52 bits per heavy atom. The molecule has 1 aromatic carbocycles. The summed E-state index contributed by atoms with van der Waals surface area (Å²) >= 11 is 2.97. The second-order valence-corrected chi connectivity index (χ2v) is 5.65. The van der Waals surface area contributed by atoms with Crippen molar-refractivity contribution in [3.05, 3.63) is 33.8 Å². The highest BCUT2D eigenvalue weighted by Gasteiger charge is 2.37. The van der Waals surface area contributed by atoms with Gasteiger partial charge >= 0.3 is 6.18 Å². The predicted octanol–water partition coefficient (Wildman–Crippen LogP) is 2.38. The molecule has 2 rings (SSSR count). The van der Waals surface area contributed by atoms with Gasteiger partial charge < -0.3 is 9.80 Å². The van der Waals surface area contributed by atoms with Crippen molar-refractivity contribution in [2.45, 2.75) is 6.18 Å². The zero-order valence-electron chi connectivity index (χ0n) is 11.1. The van der Waals surface area contributed by atoms with E-state index in [9.17, 15) is 22.8 Å². The molecular formula is C13H12BrF3N2O2. The zero-order valence-corrected chi connectivity index (χ0v) is 12.7. The third-order valence-corrected chi connectivity index (χ3v) is 3.76. The molecule has 0 radical (unpaired) electrons. The van der Waals surface area contributed by atoms with Crippen molar-refractivity contribution in [1.29, 1.82) is 0 Å². The van der Waals surface area contributed by atoms with Crippen molar-refractivity contribution in [3.8, 4) is 0 Å². The van der Waals surface area contributed by atoms with Crippen LogP contribution in [-0.4, -0.2) is 48.3 Å². The van der Waals surface area contributed by atoms with E-state index >= 15 is 0 Å². The number of likely N-dealkylation sites (N-methyl/N-ethyl adjacent to an activating group) is 1. The second-order valence-electron chi connectivity index (χ2n) is 4.73. The van der Waals surface area contributed by atoms with Crippen molar-refractivity contribution in [2.24, 2.45) is 0 Å². The minimum absolute atomic E-state index is 0.206. The predicted molar refractivity (Wildman–Crippen MR) is 72.7 cm³/mol. The van der Waals surface area contributed by atoms with Gasteiger partial charge in [0.05, 0.1) is 11.1 Å². The molecule has 0 aliphatic carbocycles. The molecule has 0 N–H and O–H groups in total. The molecule has 0 bridgehead atoms. The van der Waals surface area contributed by atoms with E-state index in [4.69, 9.17) is 0 Å². The van der Waals surface area contributed by atoms with Crippen LogP contribution in [0.5, 0.6) is 0 Å². The van der Waals surface area contributed by atoms with Crippen LogP contribution in [0.15, 0.2) is 22.7 Å². The first-order chi connectivity index (χ1) is 9.70. The Bertz CT molecular complexity index is 589. The van der Waals surface area contributed by atoms with Crippen molar-refractivity contribution < 1.29 is 22.8 Å². The maximum atomic E-state index is 13.0. The first-order valence-corrected chi connectivity index (χ1v) is 6.89. The van der Waals surface area contributed by atoms with Gasteiger partial charge in [-0.05, 0) is 18.2 Å². The van der Waals surface area contributed by atoms with Gasteiger partial charge in [0.1, 0.15) is 6.54 Å². The molecule has 0 unspecified atom stereocenters. The summed E-state index contributed by atoms with van der Waals surface area (Å²) in [5.74, 6) is -1.07. The van der Waals surface area contributed by atoms with Crippen LogP contribution in [0.1, 0.15) is 15.9 Å². The van der Waals surface area contributed by atoms with Gasteiger partial charge in [-0.2, -0.15) is 13.2 Å². The molecule has 0 spiro atoms. The molecule has 2 amide bonds. The molecule has 0 aromatic heterocycles. The lowest BCUT2D eigenvalue weighted by Gasteiger charge is -2.32. The van der Waals surface area contributed by atoms with E-state index in [1.807, 2.05) is 0 Å². The number of hydrogen-bond acceptors (Lipinski definition) is 2. The average molecular weight is 365 g/mol. The van der Waals surface area contributed by atoms with Crippen molar-refractivity contribution in [3.63, 3.8) is 0 Å². The van der Waals surface area contributed by atoms with Crippen LogP contribution in [0.4, 0.5) is 13.2 Å². The summed E-state index contributed by atoms with van der Waals surface area (Å²) < 4.78 is 39.3. The lowest BCUT2D eigenvalue weighted by molar-refractivity contribution is -0.138. The zero-order chi connectivity index (χ0) is 15.8. The van der Waals surface area contributed by atoms with Gasteiger partial charge in [0.15, 0.2) is 0 Å². The maximum absolute atomic E-state index is 13.0. The van der Waals surface area contributed by atoms with Gasteiger partial charge in [0.25, 0.3) is 5.91 Å². The quantitative estimate of drug-likeness (QED) is 0.767. The van der Waals surface area contributed by atoms with Crippen molar-refractivity contribution in [1.82, 2.24) is 9.80 Å². The summed E-state index contributed by atoms with van der Waals surface area (Å²) in [6.07, 6.45) is -4.63. The van der Waals surface area contributed by atoms with E-state index in [0.717, 1.165) is 17.0 Å². The van der Waals surface area contributed by atoms with Crippen LogP contribution in [0.3, 0.4) is 0 Å². The third kappa shape index (κ3) is 3.37. The van der Waals surface area contributed by atoms with Crippen LogP contribution in [0.2, 0.25) is 0 Å². The van der Waals surface area contributed by atoms with E-state index in [1.54, 1.807) is 7.05 Å². The number of nitrogens with zero attached hydrogens (tertiary/aromatic N) is 2. The molecular weight excluding hydrogens is 353 g/mol. The van der Waals surface area contributed by atoms with E-state index in [0.29, 0.717) is 6.54 Å². The van der Waals surface area contributed by atoms with Crippen LogP contribution < -0.4 is 0 Å². The number of halogens is 4. The van der Waals surface area contributed by atoms with Gasteiger partial charge in [-0.25, -0.2) is 0 Å². The molecule has 21 heavy (non-hydrogen) atoms. The number of alkyl halides is 3. The van der Waals surface area contributed by atoms with E-state index in [2.05, 4.69) is 15.9 Å². The average Bonchev–Trinajstić information content (AvgIpc) is 2.40. The molecule has 1 fully saturated rings. The molecule has 0 saturated carbocycles. The standard InChI is InChI=1S/C13H12BrF3N2O2/c1-18-4-5-19(7-11(18)20)12(21)9-3-2-8(14)6-10(9)13(15,16)17/h2-3,6H,4-5,7H2,1H3. The fourth-order valence-corrected chi connectivity index (χ4v) is 2.40. The van der Waals surface area contributed by atoms with Crippen LogP contribution >= 0.6 is 15.9 Å². The number of amides is 2. The third-order valence-electron chi connectivity index (χ3n) is 3.26. The lowest BCUT2D eigenvalue weighted by atomic mass is 10.1. The summed E-state index contributed by atoms with van der Waals surface area (Å²) in [5, 5.41) is 0. The molecule has 1 heterocycles. The van der Waals surface area contributed by atoms with Gasteiger partial charge in [-0.3, -0.25) is 9.59 Å². The molecule has 114 valence electrons. The smallest absolute Gasteiger partial charge is 0.342 e.